The van der Waals surface area contributed by atoms with Crippen molar-refractivity contribution in [1.82, 2.24) is 5.32 Å². The van der Waals surface area contributed by atoms with Crippen molar-refractivity contribution in [2.45, 2.75) is 39.3 Å². The van der Waals surface area contributed by atoms with Gasteiger partial charge in [-0.2, -0.15) is 0 Å². The molecule has 0 saturated carbocycles. The fourth-order valence-corrected chi connectivity index (χ4v) is 1.42. The molecule has 0 aliphatic carbocycles. The SMILES string of the molecule is CCC(NC(COC)C(N)=O)C(C)C. The number of ether oxygens (including phenoxy) is 1. The minimum atomic E-state index is -0.382. The van der Waals surface area contributed by atoms with Crippen LogP contribution in [-0.4, -0.2) is 31.7 Å². The summed E-state index contributed by atoms with van der Waals surface area (Å²) in [7, 11) is 1.56. The van der Waals surface area contributed by atoms with E-state index in [0.29, 0.717) is 18.6 Å². The van der Waals surface area contributed by atoms with Gasteiger partial charge in [0.2, 0.25) is 5.91 Å². The summed E-state index contributed by atoms with van der Waals surface area (Å²) in [6.07, 6.45) is 0.977. The Morgan fingerprint density at radius 1 is 1.50 bits per heavy atom. The first-order valence-electron chi connectivity index (χ1n) is 5.07. The molecule has 2 atom stereocenters. The summed E-state index contributed by atoms with van der Waals surface area (Å²) in [5.41, 5.74) is 5.24. The van der Waals surface area contributed by atoms with Crippen LogP contribution in [0.25, 0.3) is 0 Å². The van der Waals surface area contributed by atoms with Gasteiger partial charge in [0, 0.05) is 13.2 Å². The van der Waals surface area contributed by atoms with E-state index in [4.69, 9.17) is 10.5 Å². The molecule has 0 bridgehead atoms. The Bertz CT molecular complexity index is 172. The molecule has 1 amide bonds. The smallest absolute Gasteiger partial charge is 0.236 e. The summed E-state index contributed by atoms with van der Waals surface area (Å²) in [5.74, 6) is 0.129. The summed E-state index contributed by atoms with van der Waals surface area (Å²) in [4.78, 5) is 11.0. The zero-order valence-electron chi connectivity index (χ0n) is 9.54. The molecule has 3 N–H and O–H groups in total. The van der Waals surface area contributed by atoms with Crippen molar-refractivity contribution in [2.75, 3.05) is 13.7 Å². The Balaban J connectivity index is 4.18. The Kier molecular flexibility index (Phi) is 6.49. The van der Waals surface area contributed by atoms with E-state index in [1.807, 2.05) is 0 Å². The molecule has 0 fully saturated rings. The van der Waals surface area contributed by atoms with Crippen molar-refractivity contribution >= 4 is 5.91 Å². The summed E-state index contributed by atoms with van der Waals surface area (Å²) in [6, 6.07) is -0.0741. The standard InChI is InChI=1S/C10H22N2O2/c1-5-8(7(2)3)12-9(6-14-4)10(11)13/h7-9,12H,5-6H2,1-4H3,(H2,11,13). The van der Waals surface area contributed by atoms with Crippen LogP contribution in [0.2, 0.25) is 0 Å². The highest BCUT2D eigenvalue weighted by atomic mass is 16.5. The van der Waals surface area contributed by atoms with Crippen molar-refractivity contribution in [3.63, 3.8) is 0 Å². The predicted octanol–water partition coefficient (Wildman–Crippen LogP) is 0.511. The highest BCUT2D eigenvalue weighted by Crippen LogP contribution is 2.06. The van der Waals surface area contributed by atoms with Crippen molar-refractivity contribution in [3.8, 4) is 0 Å². The van der Waals surface area contributed by atoms with Gasteiger partial charge in [-0.25, -0.2) is 0 Å². The highest BCUT2D eigenvalue weighted by molar-refractivity contribution is 5.80. The lowest BCUT2D eigenvalue weighted by molar-refractivity contribution is -0.121. The van der Waals surface area contributed by atoms with E-state index in [2.05, 4.69) is 26.1 Å². The van der Waals surface area contributed by atoms with Gasteiger partial charge in [0.1, 0.15) is 6.04 Å². The molecule has 0 radical (unpaired) electrons. The first-order chi connectivity index (χ1) is 6.52. The molecule has 0 rings (SSSR count). The predicted molar refractivity (Wildman–Crippen MR) is 56.9 cm³/mol. The van der Waals surface area contributed by atoms with Gasteiger partial charge in [-0.3, -0.25) is 4.79 Å². The van der Waals surface area contributed by atoms with E-state index in [0.717, 1.165) is 6.42 Å². The maximum absolute atomic E-state index is 11.0. The molecule has 0 aromatic carbocycles. The van der Waals surface area contributed by atoms with E-state index < -0.39 is 0 Å². The van der Waals surface area contributed by atoms with Crippen LogP contribution in [-0.2, 0) is 9.53 Å². The van der Waals surface area contributed by atoms with Gasteiger partial charge in [-0.15, -0.1) is 0 Å². The van der Waals surface area contributed by atoms with E-state index >= 15 is 0 Å². The van der Waals surface area contributed by atoms with Gasteiger partial charge in [0.25, 0.3) is 0 Å². The molecule has 0 aromatic rings. The van der Waals surface area contributed by atoms with Crippen molar-refractivity contribution in [3.05, 3.63) is 0 Å². The number of rotatable bonds is 7. The van der Waals surface area contributed by atoms with Crippen LogP contribution >= 0.6 is 0 Å². The van der Waals surface area contributed by atoms with Crippen LogP contribution in [0.5, 0.6) is 0 Å². The molecule has 84 valence electrons. The van der Waals surface area contributed by atoms with Crippen molar-refractivity contribution in [2.24, 2.45) is 11.7 Å². The molecule has 0 aliphatic heterocycles. The molecule has 0 heterocycles. The quantitative estimate of drug-likeness (QED) is 0.632. The van der Waals surface area contributed by atoms with E-state index in [9.17, 15) is 4.79 Å². The Morgan fingerprint density at radius 2 is 2.07 bits per heavy atom. The van der Waals surface area contributed by atoms with Gasteiger partial charge in [-0.1, -0.05) is 20.8 Å². The van der Waals surface area contributed by atoms with Crippen molar-refractivity contribution < 1.29 is 9.53 Å². The first kappa shape index (κ1) is 13.4. The monoisotopic (exact) mass is 202 g/mol. The second-order valence-corrected chi connectivity index (χ2v) is 3.84. The number of nitrogens with two attached hydrogens (primary N) is 1. The molecule has 0 saturated heterocycles. The van der Waals surface area contributed by atoms with Gasteiger partial charge < -0.3 is 15.8 Å². The second-order valence-electron chi connectivity index (χ2n) is 3.84. The third kappa shape index (κ3) is 4.58. The van der Waals surface area contributed by atoms with Crippen LogP contribution in [0.3, 0.4) is 0 Å². The molecule has 0 aliphatic rings. The second kappa shape index (κ2) is 6.79. The lowest BCUT2D eigenvalue weighted by atomic mass is 10.0. The number of carbonyl (C=O) groups excluding carboxylic acids is 1. The van der Waals surface area contributed by atoms with Gasteiger partial charge in [0.15, 0.2) is 0 Å². The zero-order valence-corrected chi connectivity index (χ0v) is 9.54. The highest BCUT2D eigenvalue weighted by Gasteiger charge is 2.20. The normalized spacial score (nSPS) is 15.5. The van der Waals surface area contributed by atoms with Crippen LogP contribution < -0.4 is 11.1 Å². The summed E-state index contributed by atoms with van der Waals surface area (Å²) in [6.45, 7) is 6.65. The molecular formula is C10H22N2O2. The number of methoxy groups -OCH3 is 1. The molecule has 14 heavy (non-hydrogen) atoms. The molecule has 0 spiro atoms. The van der Waals surface area contributed by atoms with Crippen molar-refractivity contribution in [1.29, 1.82) is 0 Å². The topological polar surface area (TPSA) is 64.3 Å². The molecule has 2 unspecified atom stereocenters. The summed E-state index contributed by atoms with van der Waals surface area (Å²) in [5, 5.41) is 3.20. The maximum Gasteiger partial charge on any atom is 0.236 e. The molecule has 0 aromatic heterocycles. The number of hydrogen-bond acceptors (Lipinski definition) is 3. The first-order valence-corrected chi connectivity index (χ1v) is 5.07. The maximum atomic E-state index is 11.0. The van der Waals surface area contributed by atoms with Crippen LogP contribution in [0, 0.1) is 5.92 Å². The summed E-state index contributed by atoms with van der Waals surface area (Å²) >= 11 is 0. The van der Waals surface area contributed by atoms with E-state index in [1.165, 1.54) is 0 Å². The largest absolute Gasteiger partial charge is 0.383 e. The Morgan fingerprint density at radius 3 is 2.36 bits per heavy atom. The minimum absolute atomic E-state index is 0.308. The summed E-state index contributed by atoms with van der Waals surface area (Å²) < 4.78 is 4.93. The van der Waals surface area contributed by atoms with E-state index in [-0.39, 0.29) is 11.9 Å². The number of carbonyl (C=O) groups is 1. The van der Waals surface area contributed by atoms with Crippen LogP contribution in [0.4, 0.5) is 0 Å². The zero-order chi connectivity index (χ0) is 11.1. The number of nitrogens with one attached hydrogen (secondary N) is 1. The number of hydrogen-bond donors (Lipinski definition) is 2. The average molecular weight is 202 g/mol. The van der Waals surface area contributed by atoms with Gasteiger partial charge >= 0.3 is 0 Å². The fraction of sp³-hybridized carbons (Fsp3) is 0.900. The lowest BCUT2D eigenvalue weighted by Crippen LogP contribution is -2.50. The third-order valence-electron chi connectivity index (χ3n) is 2.34. The minimum Gasteiger partial charge on any atom is -0.383 e. The Hall–Kier alpha value is -0.610. The third-order valence-corrected chi connectivity index (χ3v) is 2.34. The Labute approximate surface area is 86.2 Å². The fourth-order valence-electron chi connectivity index (χ4n) is 1.42. The van der Waals surface area contributed by atoms with Gasteiger partial charge in [0.05, 0.1) is 6.61 Å². The number of primary amides is 1. The van der Waals surface area contributed by atoms with Crippen LogP contribution in [0.1, 0.15) is 27.2 Å². The van der Waals surface area contributed by atoms with Crippen LogP contribution in [0.15, 0.2) is 0 Å². The molecule has 4 heteroatoms. The van der Waals surface area contributed by atoms with Gasteiger partial charge in [-0.05, 0) is 12.3 Å². The molecule has 4 nitrogen and oxygen atoms in total. The average Bonchev–Trinajstić information content (AvgIpc) is 2.11. The molecular weight excluding hydrogens is 180 g/mol. The lowest BCUT2D eigenvalue weighted by Gasteiger charge is -2.25. The van der Waals surface area contributed by atoms with E-state index in [1.54, 1.807) is 7.11 Å². The number of amides is 1.